The van der Waals surface area contributed by atoms with Crippen LogP contribution in [0.2, 0.25) is 0 Å². The number of pyridine rings is 1. The van der Waals surface area contributed by atoms with Crippen LogP contribution in [0.3, 0.4) is 0 Å². The Hall–Kier alpha value is -3.02. The summed E-state index contributed by atoms with van der Waals surface area (Å²) in [5.74, 6) is 0.867. The van der Waals surface area contributed by atoms with Crippen molar-refractivity contribution in [2.45, 2.75) is 18.9 Å². The maximum absolute atomic E-state index is 12.3. The van der Waals surface area contributed by atoms with Crippen molar-refractivity contribution in [1.29, 1.82) is 0 Å². The summed E-state index contributed by atoms with van der Waals surface area (Å²) in [6.45, 7) is 1.67. The predicted molar refractivity (Wildman–Crippen MR) is 96.5 cm³/mol. The second-order valence-electron chi connectivity index (χ2n) is 6.17. The van der Waals surface area contributed by atoms with Crippen LogP contribution in [0.5, 0.6) is 0 Å². The fourth-order valence-corrected chi connectivity index (χ4v) is 3.21. The molecule has 6 nitrogen and oxygen atoms in total. The average molecular weight is 333 g/mol. The maximum atomic E-state index is 12.3. The van der Waals surface area contributed by atoms with Gasteiger partial charge in [0.15, 0.2) is 5.82 Å². The summed E-state index contributed by atoms with van der Waals surface area (Å²) in [7, 11) is 0. The second kappa shape index (κ2) is 6.84. The number of piperidine rings is 1. The van der Waals surface area contributed by atoms with Gasteiger partial charge in [0.2, 0.25) is 0 Å². The molecule has 0 saturated carbocycles. The van der Waals surface area contributed by atoms with Crippen LogP contribution in [0.4, 0.5) is 5.82 Å². The van der Waals surface area contributed by atoms with Crippen molar-refractivity contribution in [2.24, 2.45) is 0 Å². The lowest BCUT2D eigenvalue weighted by atomic mass is 10.0. The minimum atomic E-state index is -0.00629. The molecule has 0 atom stereocenters. The van der Waals surface area contributed by atoms with Gasteiger partial charge < -0.3 is 10.2 Å². The third kappa shape index (κ3) is 3.28. The van der Waals surface area contributed by atoms with Gasteiger partial charge in [-0.2, -0.15) is 0 Å². The zero-order valence-electron chi connectivity index (χ0n) is 13.8. The number of amides is 1. The van der Waals surface area contributed by atoms with E-state index in [0.717, 1.165) is 42.8 Å². The van der Waals surface area contributed by atoms with Crippen molar-refractivity contribution < 1.29 is 4.79 Å². The minimum absolute atomic E-state index is 0.00629. The zero-order chi connectivity index (χ0) is 17.1. The number of nitrogens with one attached hydrogen (secondary N) is 1. The Labute approximate surface area is 145 Å². The maximum Gasteiger partial charge on any atom is 0.251 e. The number of carbonyl (C=O) groups excluding carboxylic acids is 1. The van der Waals surface area contributed by atoms with E-state index in [2.05, 4.69) is 25.2 Å². The lowest BCUT2D eigenvalue weighted by Gasteiger charge is -2.33. The first-order chi connectivity index (χ1) is 12.3. The van der Waals surface area contributed by atoms with E-state index in [9.17, 15) is 4.79 Å². The number of benzene rings is 1. The molecular formula is C19H19N5O. The highest BCUT2D eigenvalue weighted by molar-refractivity contribution is 5.94. The van der Waals surface area contributed by atoms with Gasteiger partial charge in [-0.05, 0) is 37.1 Å². The fourth-order valence-electron chi connectivity index (χ4n) is 3.21. The first-order valence-corrected chi connectivity index (χ1v) is 8.48. The van der Waals surface area contributed by atoms with Gasteiger partial charge in [0.05, 0.1) is 5.52 Å². The highest BCUT2D eigenvalue weighted by Crippen LogP contribution is 2.23. The Kier molecular flexibility index (Phi) is 4.24. The largest absolute Gasteiger partial charge is 0.355 e. The predicted octanol–water partition coefficient (Wildman–Crippen LogP) is 2.42. The summed E-state index contributed by atoms with van der Waals surface area (Å²) in [6.07, 6.45) is 5.12. The standard InChI is InChI=1S/C19H19N5O/c25-19(14-5-2-1-3-6-14)23-15-8-11-24(12-9-15)18-17-16(21-13-22-18)7-4-10-20-17/h1-7,10,13,15H,8-9,11-12H2,(H,23,25). The average Bonchev–Trinajstić information content (AvgIpc) is 2.69. The van der Waals surface area contributed by atoms with Crippen LogP contribution in [0, 0.1) is 0 Å². The topological polar surface area (TPSA) is 71.0 Å². The number of hydrogen-bond donors (Lipinski definition) is 1. The molecule has 1 aromatic carbocycles. The molecule has 1 fully saturated rings. The molecule has 1 saturated heterocycles. The number of aromatic nitrogens is 3. The Morgan fingerprint density at radius 3 is 2.60 bits per heavy atom. The molecule has 2 aromatic heterocycles. The van der Waals surface area contributed by atoms with Crippen LogP contribution in [0.1, 0.15) is 23.2 Å². The summed E-state index contributed by atoms with van der Waals surface area (Å²) >= 11 is 0. The molecule has 1 amide bonds. The normalized spacial score (nSPS) is 15.3. The van der Waals surface area contributed by atoms with Crippen molar-refractivity contribution in [3.63, 3.8) is 0 Å². The van der Waals surface area contributed by atoms with Crippen LogP contribution in [0.15, 0.2) is 55.0 Å². The molecule has 0 bridgehead atoms. The third-order valence-electron chi connectivity index (χ3n) is 4.54. The van der Waals surface area contributed by atoms with Gasteiger partial charge >= 0.3 is 0 Å². The molecule has 1 N–H and O–H groups in total. The first kappa shape index (κ1) is 15.5. The molecule has 0 aliphatic carbocycles. The molecular weight excluding hydrogens is 314 g/mol. The van der Waals surface area contributed by atoms with E-state index >= 15 is 0 Å². The van der Waals surface area contributed by atoms with Crippen molar-refractivity contribution in [2.75, 3.05) is 18.0 Å². The molecule has 3 heterocycles. The van der Waals surface area contributed by atoms with Crippen molar-refractivity contribution in [3.05, 3.63) is 60.6 Å². The lowest BCUT2D eigenvalue weighted by Crippen LogP contribution is -2.45. The molecule has 4 rings (SSSR count). The summed E-state index contributed by atoms with van der Waals surface area (Å²) in [5, 5.41) is 3.13. The number of rotatable bonds is 3. The molecule has 6 heteroatoms. The van der Waals surface area contributed by atoms with E-state index in [0.29, 0.717) is 5.56 Å². The quantitative estimate of drug-likeness (QED) is 0.797. The summed E-state index contributed by atoms with van der Waals surface area (Å²) in [4.78, 5) is 27.6. The lowest BCUT2D eigenvalue weighted by molar-refractivity contribution is 0.0931. The van der Waals surface area contributed by atoms with Gasteiger partial charge in [0.1, 0.15) is 11.8 Å². The van der Waals surface area contributed by atoms with E-state index < -0.39 is 0 Å². The van der Waals surface area contributed by atoms with E-state index in [1.807, 2.05) is 42.5 Å². The van der Waals surface area contributed by atoms with E-state index in [-0.39, 0.29) is 11.9 Å². The Morgan fingerprint density at radius 2 is 1.80 bits per heavy atom. The van der Waals surface area contributed by atoms with Crippen LogP contribution in [-0.4, -0.2) is 40.0 Å². The summed E-state index contributed by atoms with van der Waals surface area (Å²) < 4.78 is 0. The van der Waals surface area contributed by atoms with Crippen LogP contribution < -0.4 is 10.2 Å². The molecule has 25 heavy (non-hydrogen) atoms. The molecule has 0 spiro atoms. The third-order valence-corrected chi connectivity index (χ3v) is 4.54. The molecule has 0 unspecified atom stereocenters. The smallest absolute Gasteiger partial charge is 0.251 e. The van der Waals surface area contributed by atoms with Gasteiger partial charge in [-0.25, -0.2) is 9.97 Å². The summed E-state index contributed by atoms with van der Waals surface area (Å²) in [6, 6.07) is 13.4. The Morgan fingerprint density at radius 1 is 1.00 bits per heavy atom. The number of hydrogen-bond acceptors (Lipinski definition) is 5. The number of carbonyl (C=O) groups is 1. The highest BCUT2D eigenvalue weighted by atomic mass is 16.1. The van der Waals surface area contributed by atoms with Crippen LogP contribution >= 0.6 is 0 Å². The fraction of sp³-hybridized carbons (Fsp3) is 0.263. The van der Waals surface area contributed by atoms with Crippen LogP contribution in [-0.2, 0) is 0 Å². The summed E-state index contributed by atoms with van der Waals surface area (Å²) in [5.41, 5.74) is 2.39. The monoisotopic (exact) mass is 333 g/mol. The molecule has 1 aliphatic heterocycles. The zero-order valence-corrected chi connectivity index (χ0v) is 13.8. The molecule has 0 radical (unpaired) electrons. The number of fused-ring (bicyclic) bond motifs is 1. The Bertz CT molecular complexity index is 870. The van der Waals surface area contributed by atoms with Gasteiger partial charge in [0.25, 0.3) is 5.91 Å². The SMILES string of the molecule is O=C(NC1CCN(c2ncnc3cccnc23)CC1)c1ccccc1. The van der Waals surface area contributed by atoms with Crippen molar-refractivity contribution >= 4 is 22.8 Å². The van der Waals surface area contributed by atoms with Gasteiger partial charge in [-0.3, -0.25) is 9.78 Å². The molecule has 126 valence electrons. The van der Waals surface area contributed by atoms with Gasteiger partial charge in [0, 0.05) is 30.9 Å². The first-order valence-electron chi connectivity index (χ1n) is 8.48. The van der Waals surface area contributed by atoms with Crippen LogP contribution in [0.25, 0.3) is 11.0 Å². The number of nitrogens with zero attached hydrogens (tertiary/aromatic N) is 4. The van der Waals surface area contributed by atoms with E-state index in [1.165, 1.54) is 0 Å². The molecule has 3 aromatic rings. The van der Waals surface area contributed by atoms with Gasteiger partial charge in [-0.1, -0.05) is 18.2 Å². The van der Waals surface area contributed by atoms with Crippen molar-refractivity contribution in [3.8, 4) is 0 Å². The Balaban J connectivity index is 1.42. The minimum Gasteiger partial charge on any atom is -0.355 e. The highest BCUT2D eigenvalue weighted by Gasteiger charge is 2.23. The second-order valence-corrected chi connectivity index (χ2v) is 6.17. The van der Waals surface area contributed by atoms with E-state index in [1.54, 1.807) is 12.5 Å². The molecule has 1 aliphatic rings. The number of anilines is 1. The van der Waals surface area contributed by atoms with Crippen molar-refractivity contribution in [1.82, 2.24) is 20.3 Å². The van der Waals surface area contributed by atoms with E-state index in [4.69, 9.17) is 0 Å². The van der Waals surface area contributed by atoms with Gasteiger partial charge in [-0.15, -0.1) is 0 Å².